The Morgan fingerprint density at radius 1 is 1.08 bits per heavy atom. The van der Waals surface area contributed by atoms with E-state index in [4.69, 9.17) is 0 Å². The molecule has 0 spiro atoms. The summed E-state index contributed by atoms with van der Waals surface area (Å²) in [5, 5.41) is 3.22. The Morgan fingerprint density at radius 2 is 1.86 bits per heavy atom. The number of nitrogens with zero attached hydrogens (tertiary/aromatic N) is 5. The van der Waals surface area contributed by atoms with E-state index in [0.29, 0.717) is 29.4 Å². The van der Waals surface area contributed by atoms with Crippen molar-refractivity contribution in [3.05, 3.63) is 64.1 Å². The average Bonchev–Trinajstić information content (AvgIpc) is 2.91. The molecule has 2 fully saturated rings. The highest BCUT2D eigenvalue weighted by atomic mass is 16.2. The summed E-state index contributed by atoms with van der Waals surface area (Å²) in [4.78, 5) is 39.4. The van der Waals surface area contributed by atoms with E-state index < -0.39 is 0 Å². The van der Waals surface area contributed by atoms with Crippen molar-refractivity contribution >= 4 is 22.9 Å². The Kier molecular flexibility index (Phi) is 7.32. The number of anilines is 1. The number of fused-ring (bicyclic) bond motifs is 1. The third kappa shape index (κ3) is 5.43. The van der Waals surface area contributed by atoms with Crippen LogP contribution in [-0.4, -0.2) is 58.1 Å². The summed E-state index contributed by atoms with van der Waals surface area (Å²) < 4.78 is 1.55. The molecule has 8 heteroatoms. The smallest absolute Gasteiger partial charge is 0.294 e. The zero-order valence-corrected chi connectivity index (χ0v) is 21.3. The normalized spacial score (nSPS) is 19.5. The maximum atomic E-state index is 13.1. The number of rotatable bonds is 6. The SMILES string of the molecule is Cc1ccc(CN2CCC(CNC(=O)C3CCCN(c4nc5cccnc5n(C)c4=O)C3)CC2)cc1. The van der Waals surface area contributed by atoms with Crippen LogP contribution in [0.15, 0.2) is 47.4 Å². The fourth-order valence-electron chi connectivity index (χ4n) is 5.42. The van der Waals surface area contributed by atoms with Gasteiger partial charge in [-0.15, -0.1) is 0 Å². The van der Waals surface area contributed by atoms with E-state index in [1.54, 1.807) is 17.8 Å². The predicted molar refractivity (Wildman–Crippen MR) is 142 cm³/mol. The van der Waals surface area contributed by atoms with Crippen LogP contribution in [0.3, 0.4) is 0 Å². The molecule has 2 saturated heterocycles. The van der Waals surface area contributed by atoms with Crippen molar-refractivity contribution in [3.8, 4) is 0 Å². The summed E-state index contributed by atoms with van der Waals surface area (Å²) in [6.07, 6.45) is 5.58. The van der Waals surface area contributed by atoms with E-state index >= 15 is 0 Å². The van der Waals surface area contributed by atoms with Crippen LogP contribution in [0.5, 0.6) is 0 Å². The number of carbonyl (C=O) groups excluding carboxylic acids is 1. The molecule has 5 rings (SSSR count). The van der Waals surface area contributed by atoms with Crippen LogP contribution in [0.4, 0.5) is 5.82 Å². The van der Waals surface area contributed by atoms with Gasteiger partial charge in [-0.05, 0) is 69.3 Å². The third-order valence-electron chi connectivity index (χ3n) is 7.70. The lowest BCUT2D eigenvalue weighted by atomic mass is 9.94. The van der Waals surface area contributed by atoms with E-state index in [0.717, 1.165) is 58.4 Å². The van der Waals surface area contributed by atoms with Gasteiger partial charge in [-0.3, -0.25) is 19.1 Å². The monoisotopic (exact) mass is 488 g/mol. The van der Waals surface area contributed by atoms with Crippen LogP contribution < -0.4 is 15.8 Å². The van der Waals surface area contributed by atoms with Crippen molar-refractivity contribution < 1.29 is 4.79 Å². The van der Waals surface area contributed by atoms with Gasteiger partial charge in [0.25, 0.3) is 5.56 Å². The fourth-order valence-corrected chi connectivity index (χ4v) is 5.42. The molecule has 1 aromatic carbocycles. The molecule has 3 aromatic rings. The average molecular weight is 489 g/mol. The molecule has 8 nitrogen and oxygen atoms in total. The lowest BCUT2D eigenvalue weighted by Crippen LogP contribution is -2.46. The molecule has 0 saturated carbocycles. The Morgan fingerprint density at radius 3 is 2.64 bits per heavy atom. The van der Waals surface area contributed by atoms with Gasteiger partial charge < -0.3 is 10.2 Å². The number of benzene rings is 1. The van der Waals surface area contributed by atoms with Crippen molar-refractivity contribution in [2.75, 3.05) is 37.6 Å². The third-order valence-corrected chi connectivity index (χ3v) is 7.70. The van der Waals surface area contributed by atoms with Gasteiger partial charge in [0.05, 0.1) is 5.92 Å². The van der Waals surface area contributed by atoms with E-state index in [2.05, 4.69) is 51.4 Å². The molecule has 1 amide bonds. The minimum atomic E-state index is -0.167. The largest absolute Gasteiger partial charge is 0.356 e. The molecule has 1 atom stereocenters. The molecule has 2 aliphatic heterocycles. The van der Waals surface area contributed by atoms with Gasteiger partial charge in [-0.2, -0.15) is 0 Å². The second kappa shape index (κ2) is 10.8. The molecule has 0 radical (unpaired) electrons. The van der Waals surface area contributed by atoms with Crippen LogP contribution in [0, 0.1) is 18.8 Å². The lowest BCUT2D eigenvalue weighted by Gasteiger charge is -2.34. The molecule has 1 unspecified atom stereocenters. The molecular weight excluding hydrogens is 452 g/mol. The minimum absolute atomic E-state index is 0.0982. The summed E-state index contributed by atoms with van der Waals surface area (Å²) in [6.45, 7) is 7.24. The first-order valence-electron chi connectivity index (χ1n) is 13.1. The number of hydrogen-bond donors (Lipinski definition) is 1. The van der Waals surface area contributed by atoms with Crippen molar-refractivity contribution in [1.29, 1.82) is 0 Å². The Hall–Kier alpha value is -3.26. The van der Waals surface area contributed by atoms with Crippen molar-refractivity contribution in [3.63, 3.8) is 0 Å². The first kappa shape index (κ1) is 24.4. The maximum Gasteiger partial charge on any atom is 0.294 e. The van der Waals surface area contributed by atoms with Gasteiger partial charge in [0.2, 0.25) is 5.91 Å². The van der Waals surface area contributed by atoms with Gasteiger partial charge in [0.1, 0.15) is 5.52 Å². The highest BCUT2D eigenvalue weighted by molar-refractivity contribution is 5.79. The molecule has 190 valence electrons. The number of likely N-dealkylation sites (tertiary alicyclic amines) is 1. The van der Waals surface area contributed by atoms with Crippen LogP contribution in [-0.2, 0) is 18.4 Å². The van der Waals surface area contributed by atoms with E-state index in [1.165, 1.54) is 11.1 Å². The van der Waals surface area contributed by atoms with Gasteiger partial charge in [0.15, 0.2) is 11.5 Å². The number of carbonyl (C=O) groups is 1. The number of aryl methyl sites for hydroxylation is 2. The molecule has 1 N–H and O–H groups in total. The number of hydrogen-bond acceptors (Lipinski definition) is 6. The van der Waals surface area contributed by atoms with Crippen LogP contribution in [0.2, 0.25) is 0 Å². The summed E-state index contributed by atoms with van der Waals surface area (Å²) in [5.41, 5.74) is 3.75. The predicted octanol–water partition coefficient (Wildman–Crippen LogP) is 2.88. The van der Waals surface area contributed by atoms with Gasteiger partial charge in [-0.1, -0.05) is 29.8 Å². The van der Waals surface area contributed by atoms with Gasteiger partial charge in [0, 0.05) is 39.4 Å². The van der Waals surface area contributed by atoms with Crippen molar-refractivity contribution in [2.24, 2.45) is 18.9 Å². The Labute approximate surface area is 212 Å². The minimum Gasteiger partial charge on any atom is -0.356 e. The van der Waals surface area contributed by atoms with E-state index in [-0.39, 0.29) is 17.4 Å². The zero-order chi connectivity index (χ0) is 25.1. The molecule has 4 heterocycles. The van der Waals surface area contributed by atoms with Crippen molar-refractivity contribution in [2.45, 2.75) is 39.2 Å². The summed E-state index contributed by atoms with van der Waals surface area (Å²) in [5.74, 6) is 0.902. The number of pyridine rings is 1. The van der Waals surface area contributed by atoms with Crippen LogP contribution in [0.1, 0.15) is 36.8 Å². The lowest BCUT2D eigenvalue weighted by molar-refractivity contribution is -0.125. The molecule has 36 heavy (non-hydrogen) atoms. The topological polar surface area (TPSA) is 83.4 Å². The van der Waals surface area contributed by atoms with E-state index in [1.807, 2.05) is 17.0 Å². The standard InChI is InChI=1S/C28H36N6O2/c1-20-7-9-22(10-8-20)18-33-15-11-21(12-16-33)17-30-27(35)23-5-4-14-34(19-23)26-28(36)32(2)25-24(31-26)6-3-13-29-25/h3,6-10,13,21,23H,4-5,11-12,14-19H2,1-2H3,(H,30,35). The molecular formula is C28H36N6O2. The fraction of sp³-hybridized carbons (Fsp3) is 0.500. The summed E-state index contributed by atoms with van der Waals surface area (Å²) in [7, 11) is 1.73. The number of aromatic nitrogens is 3. The second-order valence-corrected chi connectivity index (χ2v) is 10.4. The van der Waals surface area contributed by atoms with Crippen LogP contribution >= 0.6 is 0 Å². The Bertz CT molecular complexity index is 1260. The second-order valence-electron chi connectivity index (χ2n) is 10.4. The quantitative estimate of drug-likeness (QED) is 0.575. The van der Waals surface area contributed by atoms with Crippen molar-refractivity contribution in [1.82, 2.24) is 24.8 Å². The van der Waals surface area contributed by atoms with Crippen LogP contribution in [0.25, 0.3) is 11.2 Å². The number of nitrogens with one attached hydrogen (secondary N) is 1. The summed E-state index contributed by atoms with van der Waals surface area (Å²) in [6, 6.07) is 12.5. The molecule has 0 aliphatic carbocycles. The first-order chi connectivity index (χ1) is 17.5. The van der Waals surface area contributed by atoms with Gasteiger partial charge in [-0.25, -0.2) is 9.97 Å². The summed E-state index contributed by atoms with van der Waals surface area (Å²) >= 11 is 0. The van der Waals surface area contributed by atoms with Gasteiger partial charge >= 0.3 is 0 Å². The first-order valence-corrected chi connectivity index (χ1v) is 13.1. The van der Waals surface area contributed by atoms with E-state index in [9.17, 15) is 9.59 Å². The number of piperidine rings is 2. The number of amides is 1. The molecule has 0 bridgehead atoms. The highest BCUT2D eigenvalue weighted by Crippen LogP contribution is 2.22. The zero-order valence-electron chi connectivity index (χ0n) is 21.3. The Balaban J connectivity index is 1.13. The molecule has 2 aromatic heterocycles. The highest BCUT2D eigenvalue weighted by Gasteiger charge is 2.29. The maximum absolute atomic E-state index is 13.1. The molecule has 2 aliphatic rings.